The number of nitrogens with one attached hydrogen (secondary N) is 5. The predicted octanol–water partition coefficient (Wildman–Crippen LogP) is 0.989. The van der Waals surface area contributed by atoms with Gasteiger partial charge in [-0.1, -0.05) is 49.7 Å². The molecule has 15 heteroatoms. The number of Topliss-reactive ketones (excluding diaryl/α,β-unsaturated/α-hetero) is 1. The number of amides is 5. The number of benzene rings is 2. The predicted molar refractivity (Wildman–Crippen MR) is 208 cm³/mol. The molecule has 1 fully saturated rings. The van der Waals surface area contributed by atoms with Crippen LogP contribution in [0.4, 0.5) is 0 Å². The van der Waals surface area contributed by atoms with Gasteiger partial charge in [-0.25, -0.2) is 0 Å². The Bertz CT molecular complexity index is 1600. The third-order valence-electron chi connectivity index (χ3n) is 9.50. The van der Waals surface area contributed by atoms with E-state index in [1.54, 1.807) is 19.1 Å². The van der Waals surface area contributed by atoms with Crippen LogP contribution < -0.4 is 38.1 Å². The summed E-state index contributed by atoms with van der Waals surface area (Å²) in [7, 11) is 0. The smallest absolute Gasteiger partial charge is 0.251 e. The van der Waals surface area contributed by atoms with Crippen LogP contribution >= 0.6 is 0 Å². The molecule has 2 aromatic rings. The monoisotopic (exact) mass is 765 g/mol. The van der Waals surface area contributed by atoms with Crippen molar-refractivity contribution in [3.05, 3.63) is 59.7 Å². The molecule has 0 aromatic heterocycles. The average Bonchev–Trinajstić information content (AvgIpc) is 3.90. The molecule has 0 bridgehead atoms. The first-order valence-corrected chi connectivity index (χ1v) is 19.2. The minimum atomic E-state index is -1.50. The lowest BCUT2D eigenvalue weighted by Crippen LogP contribution is -2.60. The van der Waals surface area contributed by atoms with Crippen LogP contribution in [-0.2, 0) is 35.1 Å². The SMILES string of the molecule is CCCCc1ccc(-c2ccc(C(=O)N[C@@H](CCN)C(=O)N[C@H](C(=O)N[C@@H](C)C(=O)N[C@@H](CCCCN)C(=O)N[C@@H](C)C(=O)C3OC3C)[C@@H](C)O)cc2)cc1. The van der Waals surface area contributed by atoms with Crippen LogP contribution in [0, 0.1) is 0 Å². The number of epoxide rings is 1. The molecule has 0 saturated carbocycles. The Hall–Kier alpha value is -4.70. The van der Waals surface area contributed by atoms with Gasteiger partial charge < -0.3 is 47.9 Å². The molecule has 1 heterocycles. The van der Waals surface area contributed by atoms with Crippen LogP contribution in [0.2, 0.25) is 0 Å². The van der Waals surface area contributed by atoms with Crippen molar-refractivity contribution in [2.75, 3.05) is 13.1 Å². The highest BCUT2D eigenvalue weighted by Crippen LogP contribution is 2.23. The summed E-state index contributed by atoms with van der Waals surface area (Å²) in [5.74, 6) is -3.73. The molecule has 1 saturated heterocycles. The number of ether oxygens (including phenoxy) is 1. The van der Waals surface area contributed by atoms with Gasteiger partial charge >= 0.3 is 0 Å². The first kappa shape index (κ1) is 44.7. The second-order valence-electron chi connectivity index (χ2n) is 14.2. The molecule has 0 radical (unpaired) electrons. The van der Waals surface area contributed by atoms with Crippen LogP contribution in [0.1, 0.15) is 89.1 Å². The number of unbranched alkanes of at least 4 members (excludes halogenated alkanes) is 2. The zero-order valence-electron chi connectivity index (χ0n) is 32.6. The summed E-state index contributed by atoms with van der Waals surface area (Å²) in [6.07, 6.45) is 2.44. The normalized spacial score (nSPS) is 18.0. The zero-order chi connectivity index (χ0) is 40.7. The van der Waals surface area contributed by atoms with E-state index in [0.717, 1.165) is 30.4 Å². The van der Waals surface area contributed by atoms with Crippen molar-refractivity contribution in [3.8, 4) is 11.1 Å². The summed E-state index contributed by atoms with van der Waals surface area (Å²) in [6.45, 7) is 8.53. The van der Waals surface area contributed by atoms with Crippen LogP contribution in [0.15, 0.2) is 48.5 Å². The molecule has 2 unspecified atom stereocenters. The molecule has 5 amide bonds. The number of ketones is 1. The minimum Gasteiger partial charge on any atom is -0.391 e. The highest BCUT2D eigenvalue weighted by molar-refractivity contribution is 5.99. The Morgan fingerprint density at radius 3 is 1.80 bits per heavy atom. The summed E-state index contributed by atoms with van der Waals surface area (Å²) in [5, 5.41) is 23.3. The first-order chi connectivity index (χ1) is 26.2. The van der Waals surface area contributed by atoms with Crippen molar-refractivity contribution < 1.29 is 38.6 Å². The number of aryl methyl sites for hydroxylation is 1. The molecular formula is C40H59N7O8. The third-order valence-corrected chi connectivity index (χ3v) is 9.50. The van der Waals surface area contributed by atoms with E-state index < -0.39 is 72.0 Å². The summed E-state index contributed by atoms with van der Waals surface area (Å²) < 4.78 is 5.21. The third kappa shape index (κ3) is 13.8. The van der Waals surface area contributed by atoms with Crippen molar-refractivity contribution in [1.29, 1.82) is 0 Å². The number of rotatable bonds is 23. The van der Waals surface area contributed by atoms with Gasteiger partial charge in [-0.2, -0.15) is 0 Å². The molecule has 8 atom stereocenters. The van der Waals surface area contributed by atoms with E-state index in [4.69, 9.17) is 16.2 Å². The van der Waals surface area contributed by atoms with Crippen molar-refractivity contribution >= 4 is 35.3 Å². The Balaban J connectivity index is 1.60. The quantitative estimate of drug-likeness (QED) is 0.0589. The van der Waals surface area contributed by atoms with Crippen molar-refractivity contribution in [1.82, 2.24) is 26.6 Å². The highest BCUT2D eigenvalue weighted by atomic mass is 16.6. The van der Waals surface area contributed by atoms with Gasteiger partial charge in [0.15, 0.2) is 5.78 Å². The molecule has 1 aliphatic rings. The lowest BCUT2D eigenvalue weighted by atomic mass is 10.0. The fourth-order valence-electron chi connectivity index (χ4n) is 5.94. The Morgan fingerprint density at radius 2 is 1.25 bits per heavy atom. The van der Waals surface area contributed by atoms with Gasteiger partial charge in [0.25, 0.3) is 5.91 Å². The Labute approximate surface area is 323 Å². The molecule has 0 spiro atoms. The Morgan fingerprint density at radius 1 is 0.691 bits per heavy atom. The summed E-state index contributed by atoms with van der Waals surface area (Å²) >= 11 is 0. The maximum atomic E-state index is 13.4. The molecule has 55 heavy (non-hydrogen) atoms. The second kappa shape index (κ2) is 22.0. The van der Waals surface area contributed by atoms with Gasteiger partial charge in [0.2, 0.25) is 23.6 Å². The minimum absolute atomic E-state index is 0.0365. The zero-order valence-corrected chi connectivity index (χ0v) is 32.6. The van der Waals surface area contributed by atoms with E-state index >= 15 is 0 Å². The lowest BCUT2D eigenvalue weighted by molar-refractivity contribution is -0.135. The van der Waals surface area contributed by atoms with Gasteiger partial charge in [0.1, 0.15) is 30.3 Å². The topological polar surface area (TPSA) is 247 Å². The van der Waals surface area contributed by atoms with Crippen molar-refractivity contribution in [2.45, 2.75) is 128 Å². The molecule has 3 rings (SSSR count). The molecule has 302 valence electrons. The van der Waals surface area contributed by atoms with E-state index in [1.165, 1.54) is 26.3 Å². The molecule has 1 aliphatic heterocycles. The summed E-state index contributed by atoms with van der Waals surface area (Å²) in [4.78, 5) is 78.7. The van der Waals surface area contributed by atoms with E-state index in [2.05, 4.69) is 45.6 Å². The molecule has 2 aromatic carbocycles. The van der Waals surface area contributed by atoms with Crippen LogP contribution in [0.3, 0.4) is 0 Å². The first-order valence-electron chi connectivity index (χ1n) is 19.2. The Kier molecular flexibility index (Phi) is 17.9. The molecular weight excluding hydrogens is 706 g/mol. The standard InChI is InChI=1S/C40H59N7O8/c1-6-7-10-27-12-14-28(15-13-27)29-16-18-30(19-17-29)37(51)46-32(20-22-42)39(53)47-33(25(4)48)40(54)44-24(3)36(50)45-31(11-8-9-21-41)38(52)43-23(2)34(49)35-26(5)55-35/h12-19,23-26,31-33,35,48H,6-11,20-22,41-42H2,1-5H3,(H,43,52)(H,44,54)(H,45,50)(H,46,51)(H,47,53)/t23-,24-,25+,26?,31-,32-,33-,35?/m0/s1. The number of hydrogen-bond acceptors (Lipinski definition) is 10. The molecule has 10 N–H and O–H groups in total. The van der Waals surface area contributed by atoms with E-state index in [1.807, 2.05) is 24.3 Å². The number of carbonyl (C=O) groups excluding carboxylic acids is 6. The number of aliphatic hydroxyl groups is 1. The van der Waals surface area contributed by atoms with E-state index in [9.17, 15) is 33.9 Å². The number of aliphatic hydroxyl groups excluding tert-OH is 1. The fourth-order valence-corrected chi connectivity index (χ4v) is 5.94. The molecule has 15 nitrogen and oxygen atoms in total. The van der Waals surface area contributed by atoms with Gasteiger partial charge in [0.05, 0.1) is 18.2 Å². The number of nitrogens with two attached hydrogens (primary N) is 2. The van der Waals surface area contributed by atoms with Crippen LogP contribution in [-0.4, -0.2) is 102 Å². The second-order valence-corrected chi connectivity index (χ2v) is 14.2. The lowest BCUT2D eigenvalue weighted by Gasteiger charge is -2.26. The maximum Gasteiger partial charge on any atom is 0.251 e. The van der Waals surface area contributed by atoms with E-state index in [0.29, 0.717) is 24.9 Å². The number of hydrogen-bond donors (Lipinski definition) is 8. The number of carbonyl (C=O) groups is 6. The fraction of sp³-hybridized carbons (Fsp3) is 0.550. The highest BCUT2D eigenvalue weighted by Gasteiger charge is 2.43. The van der Waals surface area contributed by atoms with E-state index in [-0.39, 0.29) is 31.3 Å². The van der Waals surface area contributed by atoms with Gasteiger partial charge in [0, 0.05) is 5.56 Å². The maximum absolute atomic E-state index is 13.4. The van der Waals surface area contributed by atoms with Crippen LogP contribution in [0.5, 0.6) is 0 Å². The van der Waals surface area contributed by atoms with Gasteiger partial charge in [-0.15, -0.1) is 0 Å². The molecule has 0 aliphatic carbocycles. The van der Waals surface area contributed by atoms with Gasteiger partial charge in [-0.3, -0.25) is 28.8 Å². The van der Waals surface area contributed by atoms with Gasteiger partial charge in [-0.05, 0) is 108 Å². The van der Waals surface area contributed by atoms with Crippen LogP contribution in [0.25, 0.3) is 11.1 Å². The summed E-state index contributed by atoms with van der Waals surface area (Å²) in [6, 6.07) is 9.51. The largest absolute Gasteiger partial charge is 0.391 e. The average molecular weight is 766 g/mol. The summed E-state index contributed by atoms with van der Waals surface area (Å²) in [5.41, 5.74) is 14.9. The van der Waals surface area contributed by atoms with Crippen molar-refractivity contribution in [3.63, 3.8) is 0 Å². The van der Waals surface area contributed by atoms with Crippen molar-refractivity contribution in [2.24, 2.45) is 11.5 Å².